The minimum atomic E-state index is -1.11. The quantitative estimate of drug-likeness (QED) is 0.509. The Balaban J connectivity index is 3.14. The molecule has 0 radical (unpaired) electrons. The summed E-state index contributed by atoms with van der Waals surface area (Å²) in [5.41, 5.74) is 1.15. The van der Waals surface area contributed by atoms with E-state index in [1.54, 1.807) is 0 Å². The van der Waals surface area contributed by atoms with Gasteiger partial charge in [-0.3, -0.25) is 0 Å². The van der Waals surface area contributed by atoms with Crippen molar-refractivity contribution in [3.05, 3.63) is 11.6 Å². The van der Waals surface area contributed by atoms with E-state index in [0.717, 1.165) is 5.54 Å². The molecule has 0 N–H and O–H groups in total. The van der Waals surface area contributed by atoms with Crippen molar-refractivity contribution in [3.63, 3.8) is 0 Å². The zero-order chi connectivity index (χ0) is 5.70. The Morgan fingerprint density at radius 2 is 2.43 bits per heavy atom. The van der Waals surface area contributed by atoms with Gasteiger partial charge in [0, 0.05) is 17.9 Å². The fraction of sp³-hybridized carbons (Fsp3) is 0.250. The predicted molar refractivity (Wildman–Crippen MR) is 24.6 cm³/mol. The standard InChI is InChI=1S/C4H5ClO2/c5-3-1-2-4(6)7/h1,3H,2H2,(H,6,7)/p-1/b3-1+. The van der Waals surface area contributed by atoms with E-state index < -0.39 is 5.97 Å². The van der Waals surface area contributed by atoms with Crippen LogP contribution in [0.15, 0.2) is 11.6 Å². The van der Waals surface area contributed by atoms with Gasteiger partial charge in [-0.2, -0.15) is 0 Å². The third kappa shape index (κ3) is 5.50. The van der Waals surface area contributed by atoms with E-state index in [-0.39, 0.29) is 6.42 Å². The van der Waals surface area contributed by atoms with Crippen LogP contribution in [-0.4, -0.2) is 5.97 Å². The second-order valence-electron chi connectivity index (χ2n) is 0.938. The minimum absolute atomic E-state index is 0.108. The normalized spacial score (nSPS) is 9.86. The second kappa shape index (κ2) is 3.68. The molecule has 3 heteroatoms. The zero-order valence-corrected chi connectivity index (χ0v) is 4.31. The fourth-order valence-electron chi connectivity index (χ4n) is 0.141. The van der Waals surface area contributed by atoms with Gasteiger partial charge in [0.2, 0.25) is 0 Å². The minimum Gasteiger partial charge on any atom is -0.550 e. The van der Waals surface area contributed by atoms with E-state index >= 15 is 0 Å². The summed E-state index contributed by atoms with van der Waals surface area (Å²) in [5, 5.41) is 9.54. The van der Waals surface area contributed by atoms with E-state index in [2.05, 4.69) is 0 Å². The van der Waals surface area contributed by atoms with Crippen molar-refractivity contribution < 1.29 is 9.90 Å². The van der Waals surface area contributed by atoms with Gasteiger partial charge in [0.25, 0.3) is 0 Å². The van der Waals surface area contributed by atoms with Gasteiger partial charge in [-0.25, -0.2) is 0 Å². The highest BCUT2D eigenvalue weighted by atomic mass is 35.5. The number of hydrogen-bond donors (Lipinski definition) is 0. The molecule has 0 aromatic carbocycles. The largest absolute Gasteiger partial charge is 0.550 e. The Bertz CT molecular complexity index is 87.7. The number of halogens is 1. The van der Waals surface area contributed by atoms with Gasteiger partial charge in [-0.05, 0) is 0 Å². The average Bonchev–Trinajstić information content (AvgIpc) is 1.61. The predicted octanol–water partition coefficient (Wildman–Crippen LogP) is -0.121. The molecule has 0 unspecified atom stereocenters. The fourth-order valence-corrected chi connectivity index (χ4v) is 0.230. The maximum atomic E-state index is 9.54. The molecule has 0 aromatic heterocycles. The van der Waals surface area contributed by atoms with E-state index in [0.29, 0.717) is 0 Å². The van der Waals surface area contributed by atoms with Crippen LogP contribution in [0.5, 0.6) is 0 Å². The van der Waals surface area contributed by atoms with Crippen LogP contribution in [0.3, 0.4) is 0 Å². The summed E-state index contributed by atoms with van der Waals surface area (Å²) in [6.07, 6.45) is 1.19. The molecule has 0 heterocycles. The van der Waals surface area contributed by atoms with Gasteiger partial charge in [0.15, 0.2) is 0 Å². The number of hydrogen-bond acceptors (Lipinski definition) is 2. The van der Waals surface area contributed by atoms with Crippen molar-refractivity contribution in [2.24, 2.45) is 0 Å². The van der Waals surface area contributed by atoms with Crippen molar-refractivity contribution in [1.29, 1.82) is 0 Å². The van der Waals surface area contributed by atoms with Gasteiger partial charge in [-0.1, -0.05) is 17.7 Å². The first kappa shape index (κ1) is 6.50. The molecule has 0 spiro atoms. The summed E-state index contributed by atoms with van der Waals surface area (Å²) >= 11 is 4.97. The number of carboxylic acids is 1. The highest BCUT2D eigenvalue weighted by Crippen LogP contribution is 1.81. The third-order valence-corrected chi connectivity index (χ3v) is 0.552. The van der Waals surface area contributed by atoms with Crippen LogP contribution in [0.2, 0.25) is 0 Å². The van der Waals surface area contributed by atoms with Crippen LogP contribution in [0.4, 0.5) is 0 Å². The zero-order valence-electron chi connectivity index (χ0n) is 3.56. The Labute approximate surface area is 46.4 Å². The van der Waals surface area contributed by atoms with E-state index in [1.165, 1.54) is 6.08 Å². The first-order chi connectivity index (χ1) is 3.27. The summed E-state index contributed by atoms with van der Waals surface area (Å²) in [4.78, 5) is 9.54. The van der Waals surface area contributed by atoms with Crippen LogP contribution < -0.4 is 5.11 Å². The molecule has 0 aromatic rings. The first-order valence-corrected chi connectivity index (χ1v) is 2.16. The first-order valence-electron chi connectivity index (χ1n) is 1.72. The summed E-state index contributed by atoms with van der Waals surface area (Å²) in [5.74, 6) is -1.11. The lowest BCUT2D eigenvalue weighted by molar-refractivity contribution is -0.304. The molecule has 0 fully saturated rings. The molecule has 0 rings (SSSR count). The lowest BCUT2D eigenvalue weighted by Gasteiger charge is -1.89. The van der Waals surface area contributed by atoms with Gasteiger partial charge in [0.1, 0.15) is 0 Å². The summed E-state index contributed by atoms with van der Waals surface area (Å²) in [6, 6.07) is 0. The van der Waals surface area contributed by atoms with Crippen molar-refractivity contribution in [3.8, 4) is 0 Å². The lowest BCUT2D eigenvalue weighted by Crippen LogP contribution is -2.20. The van der Waals surface area contributed by atoms with Crippen LogP contribution >= 0.6 is 11.6 Å². The number of rotatable bonds is 2. The molecule has 40 valence electrons. The van der Waals surface area contributed by atoms with Gasteiger partial charge >= 0.3 is 0 Å². The van der Waals surface area contributed by atoms with Gasteiger partial charge in [-0.15, -0.1) is 0 Å². The number of carboxylic acid groups (broad SMARTS) is 1. The monoisotopic (exact) mass is 119 g/mol. The van der Waals surface area contributed by atoms with Crippen molar-refractivity contribution in [1.82, 2.24) is 0 Å². The summed E-state index contributed by atoms with van der Waals surface area (Å²) in [6.45, 7) is 0. The maximum absolute atomic E-state index is 9.54. The maximum Gasteiger partial charge on any atom is 0.0452 e. The Morgan fingerprint density at radius 3 is 2.57 bits per heavy atom. The van der Waals surface area contributed by atoms with Crippen LogP contribution in [0.25, 0.3) is 0 Å². The molecule has 0 amide bonds. The molecule has 0 aliphatic rings. The van der Waals surface area contributed by atoms with E-state index in [9.17, 15) is 9.90 Å². The number of carbonyl (C=O) groups excluding carboxylic acids is 1. The van der Waals surface area contributed by atoms with E-state index in [4.69, 9.17) is 11.6 Å². The molecule has 0 saturated carbocycles. The van der Waals surface area contributed by atoms with Crippen molar-refractivity contribution >= 4 is 17.6 Å². The van der Waals surface area contributed by atoms with Crippen LogP contribution in [-0.2, 0) is 4.79 Å². The number of aliphatic carboxylic acids is 1. The second-order valence-corrected chi connectivity index (χ2v) is 1.19. The number of carbonyl (C=O) groups is 1. The molecule has 0 atom stereocenters. The van der Waals surface area contributed by atoms with Crippen molar-refractivity contribution in [2.75, 3.05) is 0 Å². The molecule has 2 nitrogen and oxygen atoms in total. The highest BCUT2D eigenvalue weighted by Gasteiger charge is 1.73. The molecule has 7 heavy (non-hydrogen) atoms. The average molecular weight is 120 g/mol. The molecule has 0 aliphatic carbocycles. The lowest BCUT2D eigenvalue weighted by atomic mass is 10.4. The Kier molecular flexibility index (Phi) is 3.42. The molecular formula is C4H4ClO2-. The molecule has 0 aliphatic heterocycles. The van der Waals surface area contributed by atoms with Gasteiger partial charge in [0.05, 0.1) is 0 Å². The highest BCUT2D eigenvalue weighted by molar-refractivity contribution is 6.25. The topological polar surface area (TPSA) is 40.1 Å². The third-order valence-electron chi connectivity index (χ3n) is 0.374. The summed E-state index contributed by atoms with van der Waals surface area (Å²) < 4.78 is 0. The molecule has 0 bridgehead atoms. The SMILES string of the molecule is O=C([O-])C/C=C/Cl. The Hall–Kier alpha value is -0.500. The Morgan fingerprint density at radius 1 is 1.86 bits per heavy atom. The van der Waals surface area contributed by atoms with Gasteiger partial charge < -0.3 is 9.90 Å². The molecule has 0 saturated heterocycles. The van der Waals surface area contributed by atoms with Crippen LogP contribution in [0.1, 0.15) is 6.42 Å². The molecular weight excluding hydrogens is 115 g/mol. The van der Waals surface area contributed by atoms with Crippen LogP contribution in [0, 0.1) is 0 Å². The smallest absolute Gasteiger partial charge is 0.0452 e. The summed E-state index contributed by atoms with van der Waals surface area (Å²) in [7, 11) is 0. The van der Waals surface area contributed by atoms with Crippen molar-refractivity contribution in [2.45, 2.75) is 6.42 Å². The van der Waals surface area contributed by atoms with E-state index in [1.807, 2.05) is 0 Å².